The molecule has 0 aliphatic heterocycles. The van der Waals surface area contributed by atoms with Gasteiger partial charge in [-0.05, 0) is 59.2 Å². The fourth-order valence-electron chi connectivity index (χ4n) is 2.71. The summed E-state index contributed by atoms with van der Waals surface area (Å²) in [5, 5.41) is 12.7. The zero-order valence-electron chi connectivity index (χ0n) is 20.0. The van der Waals surface area contributed by atoms with Crippen molar-refractivity contribution in [3.05, 3.63) is 23.8 Å². The molecule has 0 radical (unpaired) electrons. The van der Waals surface area contributed by atoms with E-state index in [0.717, 1.165) is 0 Å². The van der Waals surface area contributed by atoms with Gasteiger partial charge >= 0.3 is 24.4 Å². The molecule has 1 aromatic rings. The normalized spacial score (nSPS) is 12.5. The summed E-state index contributed by atoms with van der Waals surface area (Å²) >= 11 is 0. The van der Waals surface area contributed by atoms with Gasteiger partial charge in [0.2, 0.25) is 0 Å². The minimum Gasteiger partial charge on any atom is -0.477 e. The molecule has 190 valence electrons. The highest BCUT2D eigenvalue weighted by atomic mass is 16.8. The van der Waals surface area contributed by atoms with Crippen LogP contribution in [0.5, 0.6) is 11.5 Å². The molecule has 1 rings (SSSR count). The molecule has 0 bridgehead atoms. The SMILES string of the molecule is CCOC(=O)Oc1ccc(C[C@](NC(C)C)(OC(=O)OC(C)C)C(=O)O)cc1OC(=O)OCC. The molecule has 0 saturated carbocycles. The number of nitrogens with one attached hydrogen (secondary N) is 1. The van der Waals surface area contributed by atoms with Gasteiger partial charge in [0.25, 0.3) is 5.72 Å². The van der Waals surface area contributed by atoms with E-state index in [1.807, 2.05) is 0 Å². The molecule has 12 nitrogen and oxygen atoms in total. The van der Waals surface area contributed by atoms with Crippen LogP contribution in [0.1, 0.15) is 47.1 Å². The fourth-order valence-corrected chi connectivity index (χ4v) is 2.71. The van der Waals surface area contributed by atoms with Crippen LogP contribution in [0.15, 0.2) is 18.2 Å². The van der Waals surface area contributed by atoms with E-state index < -0.39 is 48.7 Å². The van der Waals surface area contributed by atoms with Gasteiger partial charge in [-0.1, -0.05) is 6.07 Å². The van der Waals surface area contributed by atoms with E-state index in [1.54, 1.807) is 41.5 Å². The Morgan fingerprint density at radius 3 is 1.94 bits per heavy atom. The Hall–Kier alpha value is -3.54. The standard InChI is InChI=1S/C22H31NO11/c1-7-29-19(26)32-16-10-9-15(11-17(16)33-20(27)30-8-2)12-22(18(24)25,23-13(3)4)34-21(28)31-14(5)6/h9-11,13-14,23H,7-8,12H2,1-6H3,(H,24,25)/t22-/m0/s1. The molecular weight excluding hydrogens is 454 g/mol. The van der Waals surface area contributed by atoms with Crippen LogP contribution in [0.2, 0.25) is 0 Å². The van der Waals surface area contributed by atoms with Crippen molar-refractivity contribution in [2.75, 3.05) is 13.2 Å². The maximum Gasteiger partial charge on any atom is 0.513 e. The molecule has 0 amide bonds. The van der Waals surface area contributed by atoms with E-state index in [0.29, 0.717) is 0 Å². The van der Waals surface area contributed by atoms with E-state index in [-0.39, 0.29) is 30.3 Å². The van der Waals surface area contributed by atoms with Gasteiger partial charge in [-0.3, -0.25) is 5.32 Å². The summed E-state index contributed by atoms with van der Waals surface area (Å²) in [5.74, 6) is -1.90. The Morgan fingerprint density at radius 2 is 1.47 bits per heavy atom. The molecule has 0 aliphatic carbocycles. The van der Waals surface area contributed by atoms with E-state index in [2.05, 4.69) is 5.32 Å². The molecule has 1 aromatic carbocycles. The number of ether oxygens (including phenoxy) is 6. The van der Waals surface area contributed by atoms with Crippen molar-refractivity contribution in [3.63, 3.8) is 0 Å². The summed E-state index contributed by atoms with van der Waals surface area (Å²) < 4.78 is 29.8. The third kappa shape index (κ3) is 9.14. The highest BCUT2D eigenvalue weighted by Crippen LogP contribution is 2.31. The highest BCUT2D eigenvalue weighted by molar-refractivity contribution is 5.80. The number of carbonyl (C=O) groups excluding carboxylic acids is 3. The minimum atomic E-state index is -2.22. The number of hydrogen-bond donors (Lipinski definition) is 2. The van der Waals surface area contributed by atoms with Crippen molar-refractivity contribution in [1.82, 2.24) is 5.32 Å². The average molecular weight is 485 g/mol. The second kappa shape index (κ2) is 13.2. The lowest BCUT2D eigenvalue weighted by atomic mass is 10.0. The lowest BCUT2D eigenvalue weighted by Crippen LogP contribution is -2.59. The number of carbonyl (C=O) groups is 4. The maximum atomic E-state index is 12.2. The number of rotatable bonds is 11. The van der Waals surface area contributed by atoms with Gasteiger partial charge in [0, 0.05) is 12.5 Å². The van der Waals surface area contributed by atoms with Gasteiger partial charge < -0.3 is 33.5 Å². The maximum absolute atomic E-state index is 12.2. The highest BCUT2D eigenvalue weighted by Gasteiger charge is 2.44. The van der Waals surface area contributed by atoms with E-state index in [9.17, 15) is 24.3 Å². The van der Waals surface area contributed by atoms with Gasteiger partial charge in [-0.2, -0.15) is 0 Å². The van der Waals surface area contributed by atoms with E-state index in [4.69, 9.17) is 28.4 Å². The quantitative estimate of drug-likeness (QED) is 0.203. The first kappa shape index (κ1) is 28.5. The molecule has 0 unspecified atom stereocenters. The minimum absolute atomic E-state index is 0.0266. The van der Waals surface area contributed by atoms with Gasteiger partial charge in [0.1, 0.15) is 0 Å². The summed E-state index contributed by atoms with van der Waals surface area (Å²) in [6, 6.07) is 3.52. The molecule has 0 spiro atoms. The second-order valence-corrected chi connectivity index (χ2v) is 7.48. The van der Waals surface area contributed by atoms with Crippen molar-refractivity contribution < 1.29 is 52.7 Å². The summed E-state index contributed by atoms with van der Waals surface area (Å²) in [5.41, 5.74) is -1.96. The lowest BCUT2D eigenvalue weighted by Gasteiger charge is -2.32. The first-order chi connectivity index (χ1) is 15.9. The molecule has 0 aromatic heterocycles. The van der Waals surface area contributed by atoms with Gasteiger partial charge in [-0.15, -0.1) is 0 Å². The Morgan fingerprint density at radius 1 is 0.912 bits per heavy atom. The predicted molar refractivity (Wildman–Crippen MR) is 117 cm³/mol. The van der Waals surface area contributed by atoms with Crippen molar-refractivity contribution in [3.8, 4) is 11.5 Å². The van der Waals surface area contributed by atoms with Crippen LogP contribution < -0.4 is 14.8 Å². The van der Waals surface area contributed by atoms with E-state index in [1.165, 1.54) is 18.2 Å². The van der Waals surface area contributed by atoms with E-state index >= 15 is 0 Å². The third-order valence-corrected chi connectivity index (χ3v) is 3.83. The van der Waals surface area contributed by atoms with Crippen LogP contribution in [0, 0.1) is 0 Å². The third-order valence-electron chi connectivity index (χ3n) is 3.83. The molecule has 0 saturated heterocycles. The van der Waals surface area contributed by atoms with Gasteiger partial charge in [0.15, 0.2) is 11.5 Å². The van der Waals surface area contributed by atoms with Crippen LogP contribution in [-0.4, -0.2) is 60.6 Å². The Bertz CT molecular complexity index is 868. The monoisotopic (exact) mass is 485 g/mol. The lowest BCUT2D eigenvalue weighted by molar-refractivity contribution is -0.167. The van der Waals surface area contributed by atoms with Crippen LogP contribution in [-0.2, 0) is 30.2 Å². The summed E-state index contributed by atoms with van der Waals surface area (Å²) in [7, 11) is 0. The Labute approximate surface area is 197 Å². The Balaban J connectivity index is 3.38. The molecule has 2 N–H and O–H groups in total. The van der Waals surface area contributed by atoms with Crippen molar-refractivity contribution >= 4 is 24.4 Å². The molecular formula is C22H31NO11. The van der Waals surface area contributed by atoms with Crippen molar-refractivity contribution in [2.24, 2.45) is 0 Å². The topological polar surface area (TPSA) is 156 Å². The van der Waals surface area contributed by atoms with Crippen LogP contribution in [0.25, 0.3) is 0 Å². The zero-order valence-corrected chi connectivity index (χ0v) is 20.0. The van der Waals surface area contributed by atoms with Crippen LogP contribution in [0.3, 0.4) is 0 Å². The molecule has 34 heavy (non-hydrogen) atoms. The van der Waals surface area contributed by atoms with Crippen molar-refractivity contribution in [2.45, 2.75) is 65.8 Å². The number of hydrogen-bond acceptors (Lipinski definition) is 11. The first-order valence-corrected chi connectivity index (χ1v) is 10.6. The smallest absolute Gasteiger partial charge is 0.477 e. The second-order valence-electron chi connectivity index (χ2n) is 7.48. The van der Waals surface area contributed by atoms with Crippen LogP contribution in [0.4, 0.5) is 14.4 Å². The van der Waals surface area contributed by atoms with Gasteiger partial charge in [-0.25, -0.2) is 19.2 Å². The number of aliphatic carboxylic acids is 1. The first-order valence-electron chi connectivity index (χ1n) is 10.6. The molecule has 0 fully saturated rings. The fraction of sp³-hybridized carbons (Fsp3) is 0.545. The van der Waals surface area contributed by atoms with Crippen molar-refractivity contribution in [1.29, 1.82) is 0 Å². The number of benzene rings is 1. The van der Waals surface area contributed by atoms with Crippen LogP contribution >= 0.6 is 0 Å². The largest absolute Gasteiger partial charge is 0.513 e. The molecule has 1 atom stereocenters. The number of carboxylic acid groups (broad SMARTS) is 1. The molecule has 0 aliphatic rings. The average Bonchev–Trinajstić information content (AvgIpc) is 2.68. The zero-order chi connectivity index (χ0) is 25.9. The number of carboxylic acids is 1. The predicted octanol–water partition coefficient (Wildman–Crippen LogP) is 3.64. The molecule has 12 heteroatoms. The summed E-state index contributed by atoms with van der Waals surface area (Å²) in [6.07, 6.45) is -4.23. The Kier molecular flexibility index (Phi) is 11.1. The van der Waals surface area contributed by atoms with Gasteiger partial charge in [0.05, 0.1) is 19.3 Å². The summed E-state index contributed by atoms with van der Waals surface area (Å²) in [6.45, 7) is 9.73. The summed E-state index contributed by atoms with van der Waals surface area (Å²) in [4.78, 5) is 48.0. The molecule has 0 heterocycles.